The predicted octanol–water partition coefficient (Wildman–Crippen LogP) is 2.64. The smallest absolute Gasteiger partial charge is 0.317 e. The van der Waals surface area contributed by atoms with Crippen molar-refractivity contribution in [3.8, 4) is 11.8 Å². The van der Waals surface area contributed by atoms with Crippen molar-refractivity contribution in [3.05, 3.63) is 33.8 Å². The highest BCUT2D eigenvalue weighted by atomic mass is 79.9. The SMILES string of the molecule is COC(=O)CC#Cc1cc(F)c(Br)cc1F. The fourth-order valence-corrected chi connectivity index (χ4v) is 1.22. The Balaban J connectivity index is 2.89. The molecule has 84 valence electrons. The minimum atomic E-state index is -0.648. The second-order valence-electron chi connectivity index (χ2n) is 2.80. The monoisotopic (exact) mass is 288 g/mol. The van der Waals surface area contributed by atoms with Crippen LogP contribution in [0.15, 0.2) is 16.6 Å². The van der Waals surface area contributed by atoms with Crippen LogP contribution in [0.4, 0.5) is 8.78 Å². The summed E-state index contributed by atoms with van der Waals surface area (Å²) >= 11 is 2.85. The van der Waals surface area contributed by atoms with Crippen molar-refractivity contribution >= 4 is 21.9 Å². The lowest BCUT2D eigenvalue weighted by Gasteiger charge is -1.97. The Morgan fingerprint density at radius 1 is 1.44 bits per heavy atom. The first-order chi connectivity index (χ1) is 7.54. The Morgan fingerprint density at radius 3 is 2.75 bits per heavy atom. The van der Waals surface area contributed by atoms with Gasteiger partial charge >= 0.3 is 5.97 Å². The lowest BCUT2D eigenvalue weighted by Crippen LogP contribution is -1.97. The second kappa shape index (κ2) is 5.61. The summed E-state index contributed by atoms with van der Waals surface area (Å²) in [6, 6.07) is 1.95. The average Bonchev–Trinajstić information content (AvgIpc) is 2.25. The van der Waals surface area contributed by atoms with Crippen LogP contribution >= 0.6 is 15.9 Å². The lowest BCUT2D eigenvalue weighted by molar-refractivity contribution is -0.139. The summed E-state index contributed by atoms with van der Waals surface area (Å²) in [7, 11) is 1.23. The van der Waals surface area contributed by atoms with Crippen LogP contribution in [0.25, 0.3) is 0 Å². The van der Waals surface area contributed by atoms with E-state index in [0.717, 1.165) is 12.1 Å². The molecule has 0 atom stereocenters. The minimum Gasteiger partial charge on any atom is -0.468 e. The van der Waals surface area contributed by atoms with E-state index in [2.05, 4.69) is 32.5 Å². The zero-order chi connectivity index (χ0) is 12.1. The maximum Gasteiger partial charge on any atom is 0.317 e. The van der Waals surface area contributed by atoms with Gasteiger partial charge in [-0.05, 0) is 28.1 Å². The first-order valence-electron chi connectivity index (χ1n) is 4.25. The molecule has 0 amide bonds. The van der Waals surface area contributed by atoms with E-state index >= 15 is 0 Å². The number of carbonyl (C=O) groups is 1. The van der Waals surface area contributed by atoms with Gasteiger partial charge in [0.05, 0.1) is 17.1 Å². The van der Waals surface area contributed by atoms with Gasteiger partial charge in [0, 0.05) is 0 Å². The van der Waals surface area contributed by atoms with Gasteiger partial charge in [-0.3, -0.25) is 4.79 Å². The summed E-state index contributed by atoms with van der Waals surface area (Å²) in [4.78, 5) is 10.7. The molecule has 5 heteroatoms. The summed E-state index contributed by atoms with van der Waals surface area (Å²) in [6.07, 6.45) is -0.159. The number of esters is 1. The maximum absolute atomic E-state index is 13.2. The molecular formula is C11H7BrF2O2. The van der Waals surface area contributed by atoms with E-state index in [1.807, 2.05) is 0 Å². The number of benzene rings is 1. The van der Waals surface area contributed by atoms with E-state index in [9.17, 15) is 13.6 Å². The number of rotatable bonds is 1. The van der Waals surface area contributed by atoms with Gasteiger partial charge in [-0.1, -0.05) is 11.8 Å². The molecular weight excluding hydrogens is 282 g/mol. The summed E-state index contributed by atoms with van der Waals surface area (Å²) in [5.74, 6) is 2.98. The number of hydrogen-bond donors (Lipinski definition) is 0. The fraction of sp³-hybridized carbons (Fsp3) is 0.182. The van der Waals surface area contributed by atoms with Gasteiger partial charge in [-0.2, -0.15) is 0 Å². The molecule has 0 spiro atoms. The molecule has 1 rings (SSSR count). The van der Waals surface area contributed by atoms with Gasteiger partial charge in [-0.15, -0.1) is 0 Å². The van der Waals surface area contributed by atoms with Crippen molar-refractivity contribution in [2.45, 2.75) is 6.42 Å². The standard InChI is InChI=1S/C11H7BrF2O2/c1-16-11(15)4-2-3-7-5-10(14)8(12)6-9(7)13/h5-6H,4H2,1H3. The summed E-state index contributed by atoms with van der Waals surface area (Å²) in [5, 5.41) is 0. The molecule has 0 radical (unpaired) electrons. The highest BCUT2D eigenvalue weighted by Gasteiger charge is 2.06. The van der Waals surface area contributed by atoms with E-state index in [-0.39, 0.29) is 16.5 Å². The molecule has 0 aromatic heterocycles. The molecule has 0 unspecified atom stereocenters. The molecule has 0 fully saturated rings. The van der Waals surface area contributed by atoms with Gasteiger partial charge in [0.25, 0.3) is 0 Å². The van der Waals surface area contributed by atoms with Crippen molar-refractivity contribution in [2.75, 3.05) is 7.11 Å². The van der Waals surface area contributed by atoms with E-state index < -0.39 is 17.6 Å². The largest absolute Gasteiger partial charge is 0.468 e. The summed E-state index contributed by atoms with van der Waals surface area (Å²) in [6.45, 7) is 0. The molecule has 0 aliphatic carbocycles. The quantitative estimate of drug-likeness (QED) is 0.451. The van der Waals surface area contributed by atoms with Crippen LogP contribution in [0.3, 0.4) is 0 Å². The molecule has 0 saturated heterocycles. The molecule has 2 nitrogen and oxygen atoms in total. The van der Waals surface area contributed by atoms with Gasteiger partial charge in [0.15, 0.2) is 0 Å². The molecule has 16 heavy (non-hydrogen) atoms. The number of halogens is 3. The number of methoxy groups -OCH3 is 1. The van der Waals surface area contributed by atoms with E-state index in [1.165, 1.54) is 7.11 Å². The Kier molecular flexibility index (Phi) is 4.44. The predicted molar refractivity (Wildman–Crippen MR) is 57.6 cm³/mol. The van der Waals surface area contributed by atoms with Gasteiger partial charge in [0.2, 0.25) is 0 Å². The molecule has 0 aliphatic heterocycles. The van der Waals surface area contributed by atoms with Crippen molar-refractivity contribution in [2.24, 2.45) is 0 Å². The third-order valence-corrected chi connectivity index (χ3v) is 2.30. The molecule has 0 bridgehead atoms. The zero-order valence-electron chi connectivity index (χ0n) is 8.31. The second-order valence-corrected chi connectivity index (χ2v) is 3.66. The number of carbonyl (C=O) groups excluding carboxylic acids is 1. The molecule has 0 aliphatic rings. The Labute approximate surface area is 99.7 Å². The van der Waals surface area contributed by atoms with E-state index in [4.69, 9.17) is 0 Å². The highest BCUT2D eigenvalue weighted by molar-refractivity contribution is 9.10. The minimum absolute atomic E-state index is 0.0310. The molecule has 0 heterocycles. The molecule has 1 aromatic rings. The Morgan fingerprint density at radius 2 is 2.12 bits per heavy atom. The molecule has 1 aromatic carbocycles. The van der Waals surface area contributed by atoms with Crippen LogP contribution in [0.1, 0.15) is 12.0 Å². The topological polar surface area (TPSA) is 26.3 Å². The highest BCUT2D eigenvalue weighted by Crippen LogP contribution is 2.19. The third kappa shape index (κ3) is 3.31. The van der Waals surface area contributed by atoms with Gasteiger partial charge in [0.1, 0.15) is 18.1 Å². The van der Waals surface area contributed by atoms with Crippen LogP contribution in [0.2, 0.25) is 0 Å². The maximum atomic E-state index is 13.2. The summed E-state index contributed by atoms with van der Waals surface area (Å²) < 4.78 is 30.6. The fourth-order valence-electron chi connectivity index (χ4n) is 0.902. The van der Waals surface area contributed by atoms with Crippen LogP contribution in [-0.2, 0) is 9.53 Å². The zero-order valence-corrected chi connectivity index (χ0v) is 9.90. The molecule has 0 saturated carbocycles. The Bertz CT molecular complexity index is 475. The average molecular weight is 289 g/mol. The van der Waals surface area contributed by atoms with Crippen LogP contribution in [0, 0.1) is 23.5 Å². The molecule has 0 N–H and O–H groups in total. The Hall–Kier alpha value is -1.41. The normalized spacial score (nSPS) is 9.25. The first kappa shape index (κ1) is 12.7. The van der Waals surface area contributed by atoms with Crippen molar-refractivity contribution < 1.29 is 18.3 Å². The van der Waals surface area contributed by atoms with Crippen molar-refractivity contribution in [3.63, 3.8) is 0 Å². The lowest BCUT2D eigenvalue weighted by atomic mass is 10.2. The number of ether oxygens (including phenoxy) is 1. The van der Waals surface area contributed by atoms with Gasteiger partial charge < -0.3 is 4.74 Å². The van der Waals surface area contributed by atoms with Crippen molar-refractivity contribution in [1.29, 1.82) is 0 Å². The van der Waals surface area contributed by atoms with Crippen molar-refractivity contribution in [1.82, 2.24) is 0 Å². The summed E-state index contributed by atoms with van der Waals surface area (Å²) in [5.41, 5.74) is -0.0930. The van der Waals surface area contributed by atoms with Crippen LogP contribution in [0.5, 0.6) is 0 Å². The van der Waals surface area contributed by atoms with Crippen LogP contribution < -0.4 is 0 Å². The number of hydrogen-bond acceptors (Lipinski definition) is 2. The third-order valence-electron chi connectivity index (χ3n) is 1.69. The van der Waals surface area contributed by atoms with E-state index in [1.54, 1.807) is 0 Å². The van der Waals surface area contributed by atoms with E-state index in [0.29, 0.717) is 0 Å². The van der Waals surface area contributed by atoms with Crippen LogP contribution in [-0.4, -0.2) is 13.1 Å². The van der Waals surface area contributed by atoms with Gasteiger partial charge in [-0.25, -0.2) is 8.78 Å². The first-order valence-corrected chi connectivity index (χ1v) is 5.04.